The molecule has 0 unspecified atom stereocenters. The van der Waals surface area contributed by atoms with E-state index in [1.807, 2.05) is 0 Å². The van der Waals surface area contributed by atoms with Crippen LogP contribution in [-0.2, 0) is 6.18 Å². The molecule has 0 radical (unpaired) electrons. The third-order valence-electron chi connectivity index (χ3n) is 2.76. The van der Waals surface area contributed by atoms with E-state index in [4.69, 9.17) is 5.73 Å². The van der Waals surface area contributed by atoms with Crippen LogP contribution in [0.15, 0.2) is 24.3 Å². The Morgan fingerprint density at radius 3 is 2.33 bits per heavy atom. The van der Waals surface area contributed by atoms with Crippen LogP contribution >= 0.6 is 0 Å². The van der Waals surface area contributed by atoms with Crippen LogP contribution in [0.1, 0.15) is 30.0 Å². The fourth-order valence-electron chi connectivity index (χ4n) is 1.76. The Bertz CT molecular complexity index is 355. The summed E-state index contributed by atoms with van der Waals surface area (Å²) < 4.78 is 37.9. The number of halogens is 3. The van der Waals surface area contributed by atoms with Crippen LogP contribution in [0.5, 0.6) is 0 Å². The lowest BCUT2D eigenvalue weighted by atomic mass is 9.97. The lowest BCUT2D eigenvalue weighted by molar-refractivity contribution is -0.138. The van der Waals surface area contributed by atoms with Gasteiger partial charge in [-0.2, -0.15) is 13.2 Å². The van der Waals surface area contributed by atoms with Crippen LogP contribution in [0.3, 0.4) is 0 Å². The quantitative estimate of drug-likeness (QED) is 0.805. The summed E-state index contributed by atoms with van der Waals surface area (Å²) in [6, 6.07) is 5.10. The monoisotopic (exact) mass is 215 g/mol. The number of benzene rings is 1. The maximum Gasteiger partial charge on any atom is 0.416 e. The van der Waals surface area contributed by atoms with Gasteiger partial charge < -0.3 is 5.73 Å². The maximum absolute atomic E-state index is 12.6. The molecule has 15 heavy (non-hydrogen) atoms. The van der Waals surface area contributed by atoms with E-state index in [0.29, 0.717) is 0 Å². The second-order valence-electron chi connectivity index (χ2n) is 3.95. The third-order valence-corrected chi connectivity index (χ3v) is 2.76. The van der Waals surface area contributed by atoms with E-state index >= 15 is 0 Å². The molecule has 0 saturated heterocycles. The van der Waals surface area contributed by atoms with Crippen molar-refractivity contribution in [3.63, 3.8) is 0 Å². The molecule has 82 valence electrons. The van der Waals surface area contributed by atoms with Gasteiger partial charge in [-0.15, -0.1) is 0 Å². The van der Waals surface area contributed by atoms with Gasteiger partial charge in [-0.05, 0) is 30.4 Å². The number of hydrogen-bond acceptors (Lipinski definition) is 1. The molecule has 1 atom stereocenters. The van der Waals surface area contributed by atoms with Crippen LogP contribution < -0.4 is 5.73 Å². The van der Waals surface area contributed by atoms with E-state index in [1.165, 1.54) is 12.1 Å². The second-order valence-corrected chi connectivity index (χ2v) is 3.95. The summed E-state index contributed by atoms with van der Waals surface area (Å²) in [6.45, 7) is 0. The van der Waals surface area contributed by atoms with E-state index in [1.54, 1.807) is 6.07 Å². The third kappa shape index (κ3) is 2.15. The Labute approximate surface area is 86.1 Å². The Kier molecular flexibility index (Phi) is 2.46. The van der Waals surface area contributed by atoms with Crippen molar-refractivity contribution in [3.05, 3.63) is 35.4 Å². The van der Waals surface area contributed by atoms with Crippen molar-refractivity contribution in [3.8, 4) is 0 Å². The maximum atomic E-state index is 12.6. The predicted octanol–water partition coefficient (Wildman–Crippen LogP) is 3.12. The van der Waals surface area contributed by atoms with Crippen molar-refractivity contribution in [2.75, 3.05) is 0 Å². The van der Waals surface area contributed by atoms with Gasteiger partial charge in [-0.1, -0.05) is 18.2 Å². The highest BCUT2D eigenvalue weighted by Gasteiger charge is 2.38. The molecule has 0 bridgehead atoms. The molecule has 0 heterocycles. The Morgan fingerprint density at radius 2 is 1.80 bits per heavy atom. The van der Waals surface area contributed by atoms with E-state index in [9.17, 15) is 13.2 Å². The molecule has 1 aliphatic rings. The molecule has 0 aliphatic heterocycles. The largest absolute Gasteiger partial charge is 0.416 e. The Morgan fingerprint density at radius 1 is 1.20 bits per heavy atom. The van der Waals surface area contributed by atoms with E-state index < -0.39 is 17.8 Å². The lowest BCUT2D eigenvalue weighted by Gasteiger charge is -2.17. The standard InChI is InChI=1S/C11H12F3N/c12-11(13,14)9-4-2-1-3-8(9)10(15)7-5-6-7/h1-4,7,10H,5-6,15H2/t10-/m0/s1. The van der Waals surface area contributed by atoms with Crippen LogP contribution in [-0.4, -0.2) is 0 Å². The smallest absolute Gasteiger partial charge is 0.324 e. The SMILES string of the molecule is N[C@H](c1ccccc1C(F)(F)F)C1CC1. The summed E-state index contributed by atoms with van der Waals surface area (Å²) in [7, 11) is 0. The average molecular weight is 215 g/mol. The van der Waals surface area contributed by atoms with E-state index in [-0.39, 0.29) is 11.5 Å². The highest BCUT2D eigenvalue weighted by Crippen LogP contribution is 2.43. The minimum absolute atomic E-state index is 0.229. The molecule has 1 aromatic rings. The summed E-state index contributed by atoms with van der Waals surface area (Å²) in [6.07, 6.45) is -2.43. The number of rotatable bonds is 2. The van der Waals surface area contributed by atoms with E-state index in [2.05, 4.69) is 0 Å². The van der Waals surface area contributed by atoms with Gasteiger partial charge >= 0.3 is 6.18 Å². The predicted molar refractivity (Wildman–Crippen MR) is 51.1 cm³/mol. The van der Waals surface area contributed by atoms with Gasteiger partial charge in [0.2, 0.25) is 0 Å². The van der Waals surface area contributed by atoms with Crippen LogP contribution in [0, 0.1) is 5.92 Å². The molecule has 1 fully saturated rings. The highest BCUT2D eigenvalue weighted by molar-refractivity contribution is 5.33. The zero-order valence-corrected chi connectivity index (χ0v) is 8.09. The topological polar surface area (TPSA) is 26.0 Å². The number of hydrogen-bond donors (Lipinski definition) is 1. The molecule has 0 amide bonds. The van der Waals surface area contributed by atoms with Crippen molar-refractivity contribution < 1.29 is 13.2 Å². The first-order chi connectivity index (χ1) is 7.00. The van der Waals surface area contributed by atoms with Crippen molar-refractivity contribution in [1.29, 1.82) is 0 Å². The van der Waals surface area contributed by atoms with Gasteiger partial charge in [0.25, 0.3) is 0 Å². The highest BCUT2D eigenvalue weighted by atomic mass is 19.4. The Hall–Kier alpha value is -1.03. The van der Waals surface area contributed by atoms with Crippen molar-refractivity contribution >= 4 is 0 Å². The van der Waals surface area contributed by atoms with Crippen molar-refractivity contribution in [1.82, 2.24) is 0 Å². The first-order valence-electron chi connectivity index (χ1n) is 4.92. The van der Waals surface area contributed by atoms with Gasteiger partial charge in [0.1, 0.15) is 0 Å². The van der Waals surface area contributed by atoms with Gasteiger partial charge in [0.05, 0.1) is 5.56 Å². The first kappa shape index (κ1) is 10.5. The van der Waals surface area contributed by atoms with Crippen molar-refractivity contribution in [2.24, 2.45) is 11.7 Å². The first-order valence-corrected chi connectivity index (χ1v) is 4.92. The number of nitrogens with two attached hydrogens (primary N) is 1. The molecule has 1 aliphatic carbocycles. The zero-order chi connectivity index (χ0) is 11.1. The summed E-state index contributed by atoms with van der Waals surface area (Å²) in [5.41, 5.74) is 5.43. The summed E-state index contributed by atoms with van der Waals surface area (Å²) in [4.78, 5) is 0. The van der Waals surface area contributed by atoms with Crippen LogP contribution in [0.4, 0.5) is 13.2 Å². The molecule has 4 heteroatoms. The molecule has 2 N–H and O–H groups in total. The van der Waals surface area contributed by atoms with Gasteiger partial charge in [-0.3, -0.25) is 0 Å². The molecular formula is C11H12F3N. The summed E-state index contributed by atoms with van der Waals surface area (Å²) >= 11 is 0. The molecule has 1 saturated carbocycles. The molecule has 0 aromatic heterocycles. The molecule has 2 rings (SSSR count). The summed E-state index contributed by atoms with van der Waals surface area (Å²) in [5.74, 6) is 0.230. The van der Waals surface area contributed by atoms with Gasteiger partial charge in [-0.25, -0.2) is 0 Å². The van der Waals surface area contributed by atoms with Crippen LogP contribution in [0.2, 0.25) is 0 Å². The normalized spacial score (nSPS) is 18.9. The lowest BCUT2D eigenvalue weighted by Crippen LogP contribution is -2.18. The fourth-order valence-corrected chi connectivity index (χ4v) is 1.76. The Balaban J connectivity index is 2.37. The molecule has 1 nitrogen and oxygen atoms in total. The minimum atomic E-state index is -4.30. The zero-order valence-electron chi connectivity index (χ0n) is 8.09. The number of alkyl halides is 3. The van der Waals surface area contributed by atoms with E-state index in [0.717, 1.165) is 18.9 Å². The fraction of sp³-hybridized carbons (Fsp3) is 0.455. The molecule has 0 spiro atoms. The average Bonchev–Trinajstić information content (AvgIpc) is 2.98. The molecule has 1 aromatic carbocycles. The van der Waals surface area contributed by atoms with Crippen LogP contribution in [0.25, 0.3) is 0 Å². The van der Waals surface area contributed by atoms with Crippen molar-refractivity contribution in [2.45, 2.75) is 25.1 Å². The summed E-state index contributed by atoms with van der Waals surface area (Å²) in [5, 5.41) is 0. The second kappa shape index (κ2) is 3.52. The molecular weight excluding hydrogens is 203 g/mol. The minimum Gasteiger partial charge on any atom is -0.324 e. The van der Waals surface area contributed by atoms with Gasteiger partial charge in [0.15, 0.2) is 0 Å². The van der Waals surface area contributed by atoms with Gasteiger partial charge in [0, 0.05) is 6.04 Å².